The second-order valence-electron chi connectivity index (χ2n) is 7.53. The van der Waals surface area contributed by atoms with E-state index in [1.807, 2.05) is 30.5 Å². The van der Waals surface area contributed by atoms with E-state index in [1.165, 1.54) is 5.56 Å². The third-order valence-electron chi connectivity index (χ3n) is 5.29. The van der Waals surface area contributed by atoms with Crippen molar-refractivity contribution in [2.75, 3.05) is 24.1 Å². The zero-order valence-corrected chi connectivity index (χ0v) is 16.3. The Kier molecular flexibility index (Phi) is 5.53. The third-order valence-corrected chi connectivity index (χ3v) is 5.29. The zero-order chi connectivity index (χ0) is 19.3. The van der Waals surface area contributed by atoms with Gasteiger partial charge in [-0.2, -0.15) is 0 Å². The smallest absolute Gasteiger partial charge is 0.161 e. The first-order valence-electron chi connectivity index (χ1n) is 9.90. The Balaban J connectivity index is 1.39. The molecule has 4 rings (SSSR count). The van der Waals surface area contributed by atoms with Gasteiger partial charge in [0, 0.05) is 48.7 Å². The SMILES string of the molecule is Cc1cnc(-c2cccc(N)c2)nc1NC1CCN(Cc2ccccc2)CC1. The number of nitrogens with two attached hydrogens (primary N) is 1. The van der Waals surface area contributed by atoms with Crippen molar-refractivity contribution in [1.29, 1.82) is 0 Å². The number of nitrogens with one attached hydrogen (secondary N) is 1. The van der Waals surface area contributed by atoms with Crippen molar-refractivity contribution >= 4 is 11.5 Å². The van der Waals surface area contributed by atoms with Gasteiger partial charge >= 0.3 is 0 Å². The number of benzene rings is 2. The number of hydrogen-bond acceptors (Lipinski definition) is 5. The van der Waals surface area contributed by atoms with Crippen molar-refractivity contribution < 1.29 is 0 Å². The lowest BCUT2D eigenvalue weighted by molar-refractivity contribution is 0.211. The summed E-state index contributed by atoms with van der Waals surface area (Å²) in [4.78, 5) is 11.8. The lowest BCUT2D eigenvalue weighted by Gasteiger charge is -2.33. The first-order chi connectivity index (χ1) is 13.7. The molecule has 5 nitrogen and oxygen atoms in total. The van der Waals surface area contributed by atoms with Crippen molar-refractivity contribution in [2.45, 2.75) is 32.4 Å². The minimum absolute atomic E-state index is 0.439. The number of aromatic nitrogens is 2. The van der Waals surface area contributed by atoms with Gasteiger partial charge in [0.05, 0.1) is 0 Å². The highest BCUT2D eigenvalue weighted by atomic mass is 15.1. The van der Waals surface area contributed by atoms with Crippen LogP contribution in [0, 0.1) is 6.92 Å². The molecule has 2 heterocycles. The van der Waals surface area contributed by atoms with E-state index in [4.69, 9.17) is 10.7 Å². The van der Waals surface area contributed by atoms with E-state index in [0.717, 1.165) is 55.1 Å². The molecule has 1 aliphatic heterocycles. The monoisotopic (exact) mass is 373 g/mol. The fraction of sp³-hybridized carbons (Fsp3) is 0.304. The third kappa shape index (κ3) is 4.49. The first-order valence-corrected chi connectivity index (χ1v) is 9.90. The van der Waals surface area contributed by atoms with Crippen LogP contribution in [0.2, 0.25) is 0 Å². The van der Waals surface area contributed by atoms with Gasteiger partial charge in [0.1, 0.15) is 5.82 Å². The van der Waals surface area contributed by atoms with E-state index in [1.54, 1.807) is 0 Å². The van der Waals surface area contributed by atoms with Gasteiger partial charge in [0.15, 0.2) is 5.82 Å². The maximum Gasteiger partial charge on any atom is 0.161 e. The molecule has 1 fully saturated rings. The molecule has 3 N–H and O–H groups in total. The maximum atomic E-state index is 5.91. The molecule has 0 aliphatic carbocycles. The Bertz CT molecular complexity index is 917. The molecule has 1 aromatic heterocycles. The minimum Gasteiger partial charge on any atom is -0.399 e. The molecule has 5 heteroatoms. The van der Waals surface area contributed by atoms with Gasteiger partial charge < -0.3 is 11.1 Å². The van der Waals surface area contributed by atoms with E-state index in [2.05, 4.69) is 52.5 Å². The summed E-state index contributed by atoms with van der Waals surface area (Å²) in [5.41, 5.74) is 10.0. The van der Waals surface area contributed by atoms with Gasteiger partial charge in [-0.05, 0) is 37.5 Å². The van der Waals surface area contributed by atoms with Crippen LogP contribution in [-0.4, -0.2) is 34.0 Å². The average Bonchev–Trinajstić information content (AvgIpc) is 2.72. The van der Waals surface area contributed by atoms with Gasteiger partial charge in [-0.25, -0.2) is 9.97 Å². The molecule has 0 amide bonds. The van der Waals surface area contributed by atoms with Crippen molar-refractivity contribution in [2.24, 2.45) is 0 Å². The van der Waals surface area contributed by atoms with Crippen LogP contribution in [0.4, 0.5) is 11.5 Å². The number of nitrogen functional groups attached to an aromatic ring is 1. The molecule has 1 aliphatic rings. The van der Waals surface area contributed by atoms with Crippen molar-refractivity contribution in [3.05, 3.63) is 71.9 Å². The molecule has 28 heavy (non-hydrogen) atoms. The molecular weight excluding hydrogens is 346 g/mol. The number of hydrogen-bond donors (Lipinski definition) is 2. The molecule has 3 aromatic rings. The summed E-state index contributed by atoms with van der Waals surface area (Å²) in [6.45, 7) is 5.27. The number of likely N-dealkylation sites (tertiary alicyclic amines) is 1. The zero-order valence-electron chi connectivity index (χ0n) is 16.3. The van der Waals surface area contributed by atoms with Crippen molar-refractivity contribution in [1.82, 2.24) is 14.9 Å². The lowest BCUT2D eigenvalue weighted by atomic mass is 10.0. The van der Waals surface area contributed by atoms with Crippen LogP contribution in [-0.2, 0) is 6.54 Å². The number of nitrogens with zero attached hydrogens (tertiary/aromatic N) is 3. The molecule has 0 radical (unpaired) electrons. The largest absolute Gasteiger partial charge is 0.399 e. The summed E-state index contributed by atoms with van der Waals surface area (Å²) in [5, 5.41) is 3.65. The van der Waals surface area contributed by atoms with Gasteiger partial charge in [0.2, 0.25) is 0 Å². The van der Waals surface area contributed by atoms with Crippen LogP contribution < -0.4 is 11.1 Å². The van der Waals surface area contributed by atoms with Crippen molar-refractivity contribution in [3.63, 3.8) is 0 Å². The van der Waals surface area contributed by atoms with Gasteiger partial charge in [0.25, 0.3) is 0 Å². The number of piperidine rings is 1. The number of rotatable bonds is 5. The normalized spacial score (nSPS) is 15.5. The highest BCUT2D eigenvalue weighted by Gasteiger charge is 2.20. The Labute approximate surface area is 166 Å². The van der Waals surface area contributed by atoms with Gasteiger partial charge in [-0.15, -0.1) is 0 Å². The van der Waals surface area contributed by atoms with Crippen LogP contribution in [0.25, 0.3) is 11.4 Å². The topological polar surface area (TPSA) is 67.1 Å². The fourth-order valence-corrected chi connectivity index (χ4v) is 3.68. The molecule has 0 spiro atoms. The summed E-state index contributed by atoms with van der Waals surface area (Å²) < 4.78 is 0. The quantitative estimate of drug-likeness (QED) is 0.659. The molecule has 144 valence electrons. The average molecular weight is 374 g/mol. The molecule has 0 bridgehead atoms. The van der Waals surface area contributed by atoms with E-state index in [0.29, 0.717) is 11.9 Å². The lowest BCUT2D eigenvalue weighted by Crippen LogP contribution is -2.38. The highest BCUT2D eigenvalue weighted by Crippen LogP contribution is 2.23. The minimum atomic E-state index is 0.439. The molecule has 2 aromatic carbocycles. The van der Waals surface area contributed by atoms with Crippen LogP contribution in [0.1, 0.15) is 24.0 Å². The molecular formula is C23H27N5. The van der Waals surface area contributed by atoms with Gasteiger partial charge in [-0.1, -0.05) is 42.5 Å². The second-order valence-corrected chi connectivity index (χ2v) is 7.53. The summed E-state index contributed by atoms with van der Waals surface area (Å²) in [6.07, 6.45) is 4.12. The van der Waals surface area contributed by atoms with Crippen LogP contribution in [0.15, 0.2) is 60.8 Å². The molecule has 1 saturated heterocycles. The number of anilines is 2. The fourth-order valence-electron chi connectivity index (χ4n) is 3.68. The van der Waals surface area contributed by atoms with Gasteiger partial charge in [-0.3, -0.25) is 4.90 Å². The van der Waals surface area contributed by atoms with E-state index >= 15 is 0 Å². The number of aryl methyl sites for hydroxylation is 1. The van der Waals surface area contributed by atoms with E-state index < -0.39 is 0 Å². The van der Waals surface area contributed by atoms with Crippen molar-refractivity contribution in [3.8, 4) is 11.4 Å². The van der Waals surface area contributed by atoms with Crippen LogP contribution in [0.5, 0.6) is 0 Å². The van der Waals surface area contributed by atoms with Crippen LogP contribution >= 0.6 is 0 Å². The highest BCUT2D eigenvalue weighted by molar-refractivity contribution is 5.63. The molecule has 0 saturated carbocycles. The van der Waals surface area contributed by atoms with E-state index in [-0.39, 0.29) is 0 Å². The summed E-state index contributed by atoms with van der Waals surface area (Å²) in [5.74, 6) is 1.64. The Morgan fingerprint density at radius 2 is 1.86 bits per heavy atom. The molecule has 0 atom stereocenters. The Hall–Kier alpha value is -2.92. The summed E-state index contributed by atoms with van der Waals surface area (Å²) in [7, 11) is 0. The predicted octanol–water partition coefficient (Wildman–Crippen LogP) is 4.11. The van der Waals surface area contributed by atoms with E-state index in [9.17, 15) is 0 Å². The molecule has 0 unspecified atom stereocenters. The predicted molar refractivity (Wildman–Crippen MR) is 115 cm³/mol. The second kappa shape index (κ2) is 8.40. The summed E-state index contributed by atoms with van der Waals surface area (Å²) >= 11 is 0. The summed E-state index contributed by atoms with van der Waals surface area (Å²) in [6, 6.07) is 18.8. The van der Waals surface area contributed by atoms with Crippen LogP contribution in [0.3, 0.4) is 0 Å². The Morgan fingerprint density at radius 3 is 2.61 bits per heavy atom. The standard InChI is InChI=1S/C23H27N5/c1-17-15-25-23(19-8-5-9-20(24)14-19)27-22(17)26-21-10-12-28(13-11-21)16-18-6-3-2-4-7-18/h2-9,14-15,21H,10-13,16,24H2,1H3,(H,25,26,27). The first kappa shape index (κ1) is 18.4. The maximum absolute atomic E-state index is 5.91. The Morgan fingerprint density at radius 1 is 1.07 bits per heavy atom.